The average molecular weight is 346 g/mol. The van der Waals surface area contributed by atoms with Crippen LogP contribution in [-0.2, 0) is 13.6 Å². The molecule has 9 heteroatoms. The van der Waals surface area contributed by atoms with Crippen molar-refractivity contribution in [3.05, 3.63) is 47.0 Å². The fourth-order valence-electron chi connectivity index (χ4n) is 2.57. The van der Waals surface area contributed by atoms with Crippen LogP contribution in [0.3, 0.4) is 0 Å². The normalized spacial score (nSPS) is 16.4. The van der Waals surface area contributed by atoms with Crippen molar-refractivity contribution in [2.24, 2.45) is 7.05 Å². The molecule has 1 aromatic carbocycles. The molecule has 1 aliphatic carbocycles. The molecule has 130 valence electrons. The molecular weight excluding hydrogens is 331 g/mol. The van der Waals surface area contributed by atoms with Crippen LogP contribution in [0.2, 0.25) is 0 Å². The van der Waals surface area contributed by atoms with Gasteiger partial charge in [0.05, 0.1) is 6.54 Å². The smallest absolute Gasteiger partial charge is 0.317 e. The van der Waals surface area contributed by atoms with Gasteiger partial charge in [-0.1, -0.05) is 12.1 Å². The summed E-state index contributed by atoms with van der Waals surface area (Å²) in [6.07, 6.45) is -2.81. The van der Waals surface area contributed by atoms with Gasteiger partial charge < -0.3 is 4.57 Å². The van der Waals surface area contributed by atoms with Crippen LogP contribution in [-0.4, -0.2) is 20.9 Å². The number of halogens is 5. The lowest BCUT2D eigenvalue weighted by molar-refractivity contribution is -0.159. The van der Waals surface area contributed by atoms with E-state index in [1.54, 1.807) is 11.6 Å². The molecule has 2 aromatic rings. The first-order valence-corrected chi connectivity index (χ1v) is 7.41. The van der Waals surface area contributed by atoms with Crippen molar-refractivity contribution in [1.82, 2.24) is 20.1 Å². The van der Waals surface area contributed by atoms with Crippen LogP contribution in [0.25, 0.3) is 0 Å². The van der Waals surface area contributed by atoms with Gasteiger partial charge in [0.1, 0.15) is 17.7 Å². The molecule has 0 radical (unpaired) electrons. The Hall–Kier alpha value is -2.03. The summed E-state index contributed by atoms with van der Waals surface area (Å²) in [5.74, 6) is -1.49. The standard InChI is InChI=1S/C15H15F5N4/c1-24-11(22-23-14(24)8-5-6-8)7-21-13(15(18,19)20)9-3-2-4-10(16)12(9)17/h2-4,8,13,21H,5-7H2,1H3/t13-/m0/s1. The maximum absolute atomic E-state index is 13.8. The molecule has 1 saturated carbocycles. The van der Waals surface area contributed by atoms with Crippen molar-refractivity contribution < 1.29 is 22.0 Å². The Kier molecular flexibility index (Phi) is 4.29. The summed E-state index contributed by atoms with van der Waals surface area (Å²) in [5.41, 5.74) is -0.785. The first kappa shape index (κ1) is 16.8. The first-order valence-electron chi connectivity index (χ1n) is 7.41. The summed E-state index contributed by atoms with van der Waals surface area (Å²) in [5, 5.41) is 10.1. The number of rotatable bonds is 5. The van der Waals surface area contributed by atoms with E-state index in [-0.39, 0.29) is 6.54 Å². The number of alkyl halides is 3. The van der Waals surface area contributed by atoms with Gasteiger partial charge in [0.25, 0.3) is 0 Å². The van der Waals surface area contributed by atoms with Gasteiger partial charge in [-0.2, -0.15) is 13.2 Å². The zero-order valence-corrected chi connectivity index (χ0v) is 12.7. The van der Waals surface area contributed by atoms with Crippen LogP contribution in [0, 0.1) is 11.6 Å². The van der Waals surface area contributed by atoms with E-state index in [2.05, 4.69) is 15.5 Å². The molecule has 0 saturated heterocycles. The highest BCUT2D eigenvalue weighted by Gasteiger charge is 2.42. The van der Waals surface area contributed by atoms with Crippen molar-refractivity contribution in [3.63, 3.8) is 0 Å². The molecule has 0 bridgehead atoms. The highest BCUT2D eigenvalue weighted by Crippen LogP contribution is 2.39. The Balaban J connectivity index is 1.82. The lowest BCUT2D eigenvalue weighted by Gasteiger charge is -2.22. The zero-order valence-electron chi connectivity index (χ0n) is 12.7. The lowest BCUT2D eigenvalue weighted by Crippen LogP contribution is -2.35. The number of hydrogen-bond donors (Lipinski definition) is 1. The molecule has 3 rings (SSSR count). The van der Waals surface area contributed by atoms with Crippen LogP contribution < -0.4 is 5.32 Å². The maximum Gasteiger partial charge on any atom is 0.408 e. The third kappa shape index (κ3) is 3.26. The predicted octanol–water partition coefficient (Wildman–Crippen LogP) is 3.36. The lowest BCUT2D eigenvalue weighted by atomic mass is 10.1. The Bertz CT molecular complexity index is 736. The summed E-state index contributed by atoms with van der Waals surface area (Å²) in [6.45, 7) is -0.268. The van der Waals surface area contributed by atoms with E-state index in [9.17, 15) is 22.0 Å². The van der Waals surface area contributed by atoms with Crippen molar-refractivity contribution in [2.75, 3.05) is 0 Å². The van der Waals surface area contributed by atoms with Crippen LogP contribution in [0.15, 0.2) is 18.2 Å². The molecule has 24 heavy (non-hydrogen) atoms. The minimum absolute atomic E-state index is 0.268. The van der Waals surface area contributed by atoms with Crippen molar-refractivity contribution in [3.8, 4) is 0 Å². The summed E-state index contributed by atoms with van der Waals surface area (Å²) in [4.78, 5) is 0. The van der Waals surface area contributed by atoms with Crippen LogP contribution in [0.4, 0.5) is 22.0 Å². The molecule has 0 amide bonds. The highest BCUT2D eigenvalue weighted by atomic mass is 19.4. The molecule has 1 aromatic heterocycles. The van der Waals surface area contributed by atoms with E-state index in [1.165, 1.54) is 0 Å². The molecular formula is C15H15F5N4. The molecule has 1 fully saturated rings. The molecule has 4 nitrogen and oxygen atoms in total. The van der Waals surface area contributed by atoms with Gasteiger partial charge in [-0.05, 0) is 18.9 Å². The Morgan fingerprint density at radius 3 is 2.58 bits per heavy atom. The predicted molar refractivity (Wildman–Crippen MR) is 75.0 cm³/mol. The third-order valence-corrected chi connectivity index (χ3v) is 4.03. The van der Waals surface area contributed by atoms with Crippen LogP contribution in [0.5, 0.6) is 0 Å². The summed E-state index contributed by atoms with van der Waals surface area (Å²) in [6, 6.07) is 0.392. The quantitative estimate of drug-likeness (QED) is 0.844. The number of nitrogens with one attached hydrogen (secondary N) is 1. The first-order chi connectivity index (χ1) is 11.3. The van der Waals surface area contributed by atoms with Gasteiger partial charge in [0.2, 0.25) is 0 Å². The Morgan fingerprint density at radius 1 is 1.25 bits per heavy atom. The van der Waals surface area contributed by atoms with Gasteiger partial charge in [-0.15, -0.1) is 10.2 Å². The average Bonchev–Trinajstić information content (AvgIpc) is 3.27. The van der Waals surface area contributed by atoms with Crippen molar-refractivity contribution in [2.45, 2.75) is 37.5 Å². The van der Waals surface area contributed by atoms with Crippen LogP contribution >= 0.6 is 0 Å². The molecule has 1 aliphatic rings. The van der Waals surface area contributed by atoms with E-state index in [1.807, 2.05) is 0 Å². The second-order valence-corrected chi connectivity index (χ2v) is 5.81. The van der Waals surface area contributed by atoms with Gasteiger partial charge in [0, 0.05) is 18.5 Å². The van der Waals surface area contributed by atoms with E-state index in [0.717, 1.165) is 36.9 Å². The SMILES string of the molecule is Cn1c(CN[C@@H](c2cccc(F)c2F)C(F)(F)F)nnc1C1CC1. The van der Waals surface area contributed by atoms with Gasteiger partial charge >= 0.3 is 6.18 Å². The number of hydrogen-bond acceptors (Lipinski definition) is 3. The second-order valence-electron chi connectivity index (χ2n) is 5.81. The summed E-state index contributed by atoms with van der Waals surface area (Å²) < 4.78 is 68.5. The number of aromatic nitrogens is 3. The van der Waals surface area contributed by atoms with Gasteiger partial charge in [0.15, 0.2) is 11.6 Å². The zero-order chi connectivity index (χ0) is 17.5. The van der Waals surface area contributed by atoms with Gasteiger partial charge in [-0.25, -0.2) is 8.78 Å². The van der Waals surface area contributed by atoms with E-state index >= 15 is 0 Å². The Morgan fingerprint density at radius 2 is 1.96 bits per heavy atom. The Labute approximate surface area is 134 Å². The van der Waals surface area contributed by atoms with E-state index in [0.29, 0.717) is 11.7 Å². The highest BCUT2D eigenvalue weighted by molar-refractivity contribution is 5.24. The molecule has 0 aliphatic heterocycles. The molecule has 1 heterocycles. The van der Waals surface area contributed by atoms with Crippen LogP contribution in [0.1, 0.15) is 42.0 Å². The largest absolute Gasteiger partial charge is 0.408 e. The second kappa shape index (κ2) is 6.12. The topological polar surface area (TPSA) is 42.7 Å². The molecule has 0 spiro atoms. The minimum Gasteiger partial charge on any atom is -0.317 e. The minimum atomic E-state index is -4.79. The van der Waals surface area contributed by atoms with Crippen molar-refractivity contribution >= 4 is 0 Å². The van der Waals surface area contributed by atoms with E-state index < -0.39 is 29.4 Å². The number of benzene rings is 1. The summed E-state index contributed by atoms with van der Waals surface area (Å²) in [7, 11) is 1.68. The maximum atomic E-state index is 13.8. The monoisotopic (exact) mass is 346 g/mol. The molecule has 1 atom stereocenters. The molecule has 0 unspecified atom stereocenters. The van der Waals surface area contributed by atoms with Crippen molar-refractivity contribution in [1.29, 1.82) is 0 Å². The van der Waals surface area contributed by atoms with Gasteiger partial charge in [-0.3, -0.25) is 5.32 Å². The van der Waals surface area contributed by atoms with E-state index in [4.69, 9.17) is 0 Å². The summed E-state index contributed by atoms with van der Waals surface area (Å²) >= 11 is 0. The fourth-order valence-corrected chi connectivity index (χ4v) is 2.57. The molecule has 1 N–H and O–H groups in total. The fraction of sp³-hybridized carbons (Fsp3) is 0.467. The number of nitrogens with zero attached hydrogens (tertiary/aromatic N) is 3. The third-order valence-electron chi connectivity index (χ3n) is 4.03.